The van der Waals surface area contributed by atoms with Gasteiger partial charge >= 0.3 is 6.03 Å². The molecule has 19 heavy (non-hydrogen) atoms. The number of carbonyl (C=O) groups is 1. The molecule has 0 bridgehead atoms. The first-order valence-corrected chi connectivity index (χ1v) is 6.73. The number of nitrogens with zero attached hydrogens (tertiary/aromatic N) is 1. The van der Waals surface area contributed by atoms with E-state index in [1.54, 1.807) is 0 Å². The second-order valence-electron chi connectivity index (χ2n) is 6.92. The van der Waals surface area contributed by atoms with Crippen LogP contribution in [0.15, 0.2) is 30.3 Å². The Hall–Kier alpha value is -1.51. The molecule has 3 heteroatoms. The Kier molecular flexibility index (Phi) is 4.61. The van der Waals surface area contributed by atoms with Crippen LogP contribution in [0.4, 0.5) is 4.79 Å². The van der Waals surface area contributed by atoms with Crippen LogP contribution in [0.3, 0.4) is 0 Å². The molecule has 106 valence electrons. The van der Waals surface area contributed by atoms with E-state index in [4.69, 9.17) is 0 Å². The predicted octanol–water partition coefficient (Wildman–Crippen LogP) is 3.80. The van der Waals surface area contributed by atoms with Crippen LogP contribution in [0.1, 0.15) is 47.1 Å². The summed E-state index contributed by atoms with van der Waals surface area (Å²) in [5.74, 6) is 0. The first-order chi connectivity index (χ1) is 8.59. The minimum Gasteiger partial charge on any atom is -0.333 e. The maximum absolute atomic E-state index is 12.4. The van der Waals surface area contributed by atoms with Crippen LogP contribution in [0.25, 0.3) is 0 Å². The molecule has 2 amide bonds. The zero-order chi connectivity index (χ0) is 14.7. The summed E-state index contributed by atoms with van der Waals surface area (Å²) >= 11 is 0. The summed E-state index contributed by atoms with van der Waals surface area (Å²) in [6.07, 6.45) is 0. The fourth-order valence-electron chi connectivity index (χ4n) is 1.77. The van der Waals surface area contributed by atoms with Crippen molar-refractivity contribution in [3.05, 3.63) is 35.9 Å². The average Bonchev–Trinajstić information content (AvgIpc) is 2.23. The molecular weight excluding hydrogens is 236 g/mol. The van der Waals surface area contributed by atoms with Crippen molar-refractivity contribution < 1.29 is 4.79 Å². The molecule has 0 saturated heterocycles. The summed E-state index contributed by atoms with van der Waals surface area (Å²) in [7, 11) is 0. The largest absolute Gasteiger partial charge is 0.333 e. The van der Waals surface area contributed by atoms with Crippen molar-refractivity contribution in [2.24, 2.45) is 0 Å². The second kappa shape index (κ2) is 5.64. The van der Waals surface area contributed by atoms with Gasteiger partial charge in [-0.2, -0.15) is 0 Å². The molecule has 0 aliphatic heterocycles. The molecule has 0 aliphatic rings. The van der Waals surface area contributed by atoms with Crippen LogP contribution in [0, 0.1) is 0 Å². The Labute approximate surface area is 117 Å². The van der Waals surface area contributed by atoms with E-state index in [0.29, 0.717) is 6.54 Å². The molecular formula is C16H26N2O. The molecule has 0 unspecified atom stereocenters. The number of rotatable bonds is 2. The zero-order valence-corrected chi connectivity index (χ0v) is 12.9. The highest BCUT2D eigenvalue weighted by Crippen LogP contribution is 2.18. The maximum Gasteiger partial charge on any atom is 0.318 e. The minimum absolute atomic E-state index is 0.0242. The second-order valence-corrected chi connectivity index (χ2v) is 6.92. The smallest absolute Gasteiger partial charge is 0.318 e. The lowest BCUT2D eigenvalue weighted by molar-refractivity contribution is 0.133. The summed E-state index contributed by atoms with van der Waals surface area (Å²) < 4.78 is 0. The average molecular weight is 262 g/mol. The molecule has 0 radical (unpaired) electrons. The lowest BCUT2D eigenvalue weighted by Gasteiger charge is -2.38. The van der Waals surface area contributed by atoms with E-state index < -0.39 is 0 Å². The molecule has 0 spiro atoms. The molecule has 1 aromatic carbocycles. The summed E-state index contributed by atoms with van der Waals surface area (Å²) in [6.45, 7) is 12.8. The van der Waals surface area contributed by atoms with Gasteiger partial charge in [0, 0.05) is 17.6 Å². The third kappa shape index (κ3) is 5.33. The van der Waals surface area contributed by atoms with Gasteiger partial charge in [-0.05, 0) is 47.1 Å². The van der Waals surface area contributed by atoms with Crippen molar-refractivity contribution in [3.8, 4) is 0 Å². The van der Waals surface area contributed by atoms with Gasteiger partial charge in [-0.1, -0.05) is 30.3 Å². The van der Waals surface area contributed by atoms with Crippen LogP contribution in [0.5, 0.6) is 0 Å². The first kappa shape index (κ1) is 15.5. The Balaban J connectivity index is 2.88. The molecule has 3 nitrogen and oxygen atoms in total. The number of carbonyl (C=O) groups excluding carboxylic acids is 1. The number of urea groups is 1. The quantitative estimate of drug-likeness (QED) is 0.864. The van der Waals surface area contributed by atoms with Crippen LogP contribution in [-0.4, -0.2) is 22.0 Å². The van der Waals surface area contributed by atoms with E-state index in [0.717, 1.165) is 5.56 Å². The van der Waals surface area contributed by atoms with Crippen molar-refractivity contribution in [3.63, 3.8) is 0 Å². The number of hydrogen-bond donors (Lipinski definition) is 1. The van der Waals surface area contributed by atoms with Gasteiger partial charge in [0.05, 0.1) is 0 Å². The summed E-state index contributed by atoms with van der Waals surface area (Å²) in [5, 5.41) is 3.03. The molecule has 0 fully saturated rings. The van der Waals surface area contributed by atoms with Gasteiger partial charge < -0.3 is 10.2 Å². The zero-order valence-electron chi connectivity index (χ0n) is 12.9. The van der Waals surface area contributed by atoms with Crippen LogP contribution < -0.4 is 5.32 Å². The van der Waals surface area contributed by atoms with Crippen molar-refractivity contribution >= 4 is 6.03 Å². The van der Waals surface area contributed by atoms with Crippen molar-refractivity contribution in [2.75, 3.05) is 0 Å². The third-order valence-electron chi connectivity index (χ3n) is 2.72. The van der Waals surface area contributed by atoms with Gasteiger partial charge in [0.2, 0.25) is 0 Å². The summed E-state index contributed by atoms with van der Waals surface area (Å²) in [6, 6.07) is 10.0. The number of hydrogen-bond acceptors (Lipinski definition) is 1. The number of nitrogens with one attached hydrogen (secondary N) is 1. The SMILES string of the molecule is CC(C)(C)NC(=O)N(Cc1ccccc1)C(C)(C)C. The van der Waals surface area contributed by atoms with E-state index in [9.17, 15) is 4.79 Å². The lowest BCUT2D eigenvalue weighted by atomic mass is 10.0. The van der Waals surface area contributed by atoms with Gasteiger partial charge in [0.1, 0.15) is 0 Å². The minimum atomic E-state index is -0.225. The van der Waals surface area contributed by atoms with Gasteiger partial charge in [-0.15, -0.1) is 0 Å². The molecule has 1 rings (SSSR count). The predicted molar refractivity (Wildman–Crippen MR) is 80.0 cm³/mol. The van der Waals surface area contributed by atoms with Gasteiger partial charge in [0.15, 0.2) is 0 Å². The fourth-order valence-corrected chi connectivity index (χ4v) is 1.77. The highest BCUT2D eigenvalue weighted by molar-refractivity contribution is 5.75. The molecule has 0 aliphatic carbocycles. The number of amides is 2. The van der Waals surface area contributed by atoms with E-state index in [-0.39, 0.29) is 17.1 Å². The summed E-state index contributed by atoms with van der Waals surface area (Å²) in [5.41, 5.74) is 0.698. The lowest BCUT2D eigenvalue weighted by Crippen LogP contribution is -2.54. The fraction of sp³-hybridized carbons (Fsp3) is 0.562. The van der Waals surface area contributed by atoms with E-state index in [2.05, 4.69) is 26.1 Å². The van der Waals surface area contributed by atoms with Gasteiger partial charge in [-0.25, -0.2) is 4.79 Å². The third-order valence-corrected chi connectivity index (χ3v) is 2.72. The normalized spacial score (nSPS) is 12.1. The van der Waals surface area contributed by atoms with Gasteiger partial charge in [0.25, 0.3) is 0 Å². The highest BCUT2D eigenvalue weighted by Gasteiger charge is 2.28. The monoisotopic (exact) mass is 262 g/mol. The van der Waals surface area contributed by atoms with Crippen LogP contribution in [0.2, 0.25) is 0 Å². The maximum atomic E-state index is 12.4. The van der Waals surface area contributed by atoms with Crippen LogP contribution >= 0.6 is 0 Å². The van der Waals surface area contributed by atoms with E-state index in [1.807, 2.05) is 56.0 Å². The Morgan fingerprint density at radius 3 is 2.00 bits per heavy atom. The molecule has 0 atom stereocenters. The molecule has 1 N–H and O–H groups in total. The molecule has 0 aromatic heterocycles. The molecule has 1 aromatic rings. The Bertz CT molecular complexity index is 413. The van der Waals surface area contributed by atoms with E-state index >= 15 is 0 Å². The summed E-state index contributed by atoms with van der Waals surface area (Å²) in [4.78, 5) is 14.3. The van der Waals surface area contributed by atoms with Gasteiger partial charge in [-0.3, -0.25) is 0 Å². The number of benzene rings is 1. The van der Waals surface area contributed by atoms with Crippen molar-refractivity contribution in [1.82, 2.24) is 10.2 Å². The molecule has 0 heterocycles. The highest BCUT2D eigenvalue weighted by atomic mass is 16.2. The van der Waals surface area contributed by atoms with E-state index in [1.165, 1.54) is 0 Å². The van der Waals surface area contributed by atoms with Crippen molar-refractivity contribution in [1.29, 1.82) is 0 Å². The topological polar surface area (TPSA) is 32.3 Å². The standard InChI is InChI=1S/C16H26N2O/c1-15(2,3)17-14(19)18(16(4,5)6)12-13-10-8-7-9-11-13/h7-11H,12H2,1-6H3,(H,17,19). The molecule has 0 saturated carbocycles. The van der Waals surface area contributed by atoms with Crippen molar-refractivity contribution in [2.45, 2.75) is 59.2 Å². The Morgan fingerprint density at radius 2 is 1.58 bits per heavy atom. The Morgan fingerprint density at radius 1 is 1.05 bits per heavy atom. The van der Waals surface area contributed by atoms with Crippen LogP contribution in [-0.2, 0) is 6.54 Å². The first-order valence-electron chi connectivity index (χ1n) is 6.73.